The molecule has 1 nitrogen and oxygen atoms in total. The van der Waals surface area contributed by atoms with E-state index in [-0.39, 0.29) is 5.92 Å². The maximum Gasteiger partial charge on any atom is 0.143 e. The van der Waals surface area contributed by atoms with E-state index in [1.54, 1.807) is 0 Å². The van der Waals surface area contributed by atoms with Crippen LogP contribution in [-0.4, -0.2) is 5.78 Å². The lowest BCUT2D eigenvalue weighted by molar-refractivity contribution is -0.124. The molecule has 0 spiro atoms. The van der Waals surface area contributed by atoms with E-state index in [9.17, 15) is 4.79 Å². The van der Waals surface area contributed by atoms with E-state index in [2.05, 4.69) is 18.7 Å². The molecule has 0 N–H and O–H groups in total. The molecule has 2 fully saturated rings. The van der Waals surface area contributed by atoms with Crippen LogP contribution in [-0.2, 0) is 4.79 Å². The average molecular weight is 174 g/mol. The van der Waals surface area contributed by atoms with Crippen molar-refractivity contribution in [3.05, 3.63) is 24.3 Å². The van der Waals surface area contributed by atoms with E-state index in [1.165, 1.54) is 12.0 Å². The Balaban J connectivity index is 2.08. The lowest BCUT2D eigenvalue weighted by Crippen LogP contribution is -2.20. The molecule has 5 unspecified atom stereocenters. The highest BCUT2D eigenvalue weighted by Gasteiger charge is 2.55. The van der Waals surface area contributed by atoms with Crippen molar-refractivity contribution in [2.75, 3.05) is 0 Å². The van der Waals surface area contributed by atoms with Gasteiger partial charge in [0.05, 0.1) is 0 Å². The number of carbonyl (C=O) groups excluding carboxylic acids is 1. The Labute approximate surface area is 78.5 Å². The SMILES string of the molecule is C=C1C(C)C(=O)C2C3C=CC(C3)C12. The van der Waals surface area contributed by atoms with Gasteiger partial charge in [0.1, 0.15) is 5.78 Å². The molecule has 3 rings (SSSR count). The van der Waals surface area contributed by atoms with E-state index in [0.717, 1.165) is 0 Å². The Bertz CT molecular complexity index is 296. The van der Waals surface area contributed by atoms with Crippen molar-refractivity contribution in [2.45, 2.75) is 13.3 Å². The van der Waals surface area contributed by atoms with E-state index in [4.69, 9.17) is 0 Å². The molecule has 0 aliphatic heterocycles. The van der Waals surface area contributed by atoms with Crippen LogP contribution in [0.15, 0.2) is 24.3 Å². The van der Waals surface area contributed by atoms with Crippen LogP contribution in [0.25, 0.3) is 0 Å². The van der Waals surface area contributed by atoms with Gasteiger partial charge in [-0.3, -0.25) is 4.79 Å². The number of allylic oxidation sites excluding steroid dienone is 3. The van der Waals surface area contributed by atoms with Gasteiger partial charge in [-0.25, -0.2) is 0 Å². The minimum Gasteiger partial charge on any atom is -0.299 e. The van der Waals surface area contributed by atoms with Crippen molar-refractivity contribution in [1.29, 1.82) is 0 Å². The molecule has 5 atom stereocenters. The molecule has 2 bridgehead atoms. The van der Waals surface area contributed by atoms with Gasteiger partial charge >= 0.3 is 0 Å². The summed E-state index contributed by atoms with van der Waals surface area (Å²) in [6.45, 7) is 6.11. The first kappa shape index (κ1) is 7.54. The zero-order chi connectivity index (χ0) is 9.16. The van der Waals surface area contributed by atoms with Gasteiger partial charge in [0, 0.05) is 11.8 Å². The van der Waals surface area contributed by atoms with Crippen molar-refractivity contribution < 1.29 is 4.79 Å². The van der Waals surface area contributed by atoms with E-state index >= 15 is 0 Å². The summed E-state index contributed by atoms with van der Waals surface area (Å²) in [7, 11) is 0. The lowest BCUT2D eigenvalue weighted by Gasteiger charge is -2.19. The summed E-state index contributed by atoms with van der Waals surface area (Å²) in [6, 6.07) is 0. The van der Waals surface area contributed by atoms with Crippen LogP contribution >= 0.6 is 0 Å². The third-order valence-electron chi connectivity index (χ3n) is 4.20. The third-order valence-corrected chi connectivity index (χ3v) is 4.20. The monoisotopic (exact) mass is 174 g/mol. The first-order chi connectivity index (χ1) is 6.20. The van der Waals surface area contributed by atoms with Gasteiger partial charge < -0.3 is 0 Å². The fraction of sp³-hybridized carbons (Fsp3) is 0.583. The van der Waals surface area contributed by atoms with Gasteiger partial charge in [-0.15, -0.1) is 0 Å². The molecule has 3 aliphatic carbocycles. The molecular formula is C12H14O. The Morgan fingerprint density at radius 1 is 1.31 bits per heavy atom. The molecule has 13 heavy (non-hydrogen) atoms. The number of rotatable bonds is 0. The third kappa shape index (κ3) is 0.714. The van der Waals surface area contributed by atoms with Gasteiger partial charge in [0.2, 0.25) is 0 Å². The standard InChI is InChI=1S/C12H14O/c1-6-7(2)12(13)11-9-4-3-8(5-9)10(6)11/h3-4,7-11H,1,5H2,2H3. The van der Waals surface area contributed by atoms with Crippen LogP contribution in [0.4, 0.5) is 0 Å². The highest BCUT2D eigenvalue weighted by atomic mass is 16.1. The average Bonchev–Trinajstić information content (AvgIpc) is 2.76. The Morgan fingerprint density at radius 3 is 2.54 bits per heavy atom. The second-order valence-electron chi connectivity index (χ2n) is 4.70. The maximum absolute atomic E-state index is 11.9. The molecule has 68 valence electrons. The Kier molecular flexibility index (Phi) is 1.24. The summed E-state index contributed by atoms with van der Waals surface area (Å²) in [6.07, 6.45) is 5.74. The highest BCUT2D eigenvalue weighted by molar-refractivity contribution is 5.91. The van der Waals surface area contributed by atoms with Crippen molar-refractivity contribution in [1.82, 2.24) is 0 Å². The number of ketones is 1. The first-order valence-corrected chi connectivity index (χ1v) is 5.11. The fourth-order valence-electron chi connectivity index (χ4n) is 3.48. The number of hydrogen-bond donors (Lipinski definition) is 0. The van der Waals surface area contributed by atoms with Gasteiger partial charge in [-0.2, -0.15) is 0 Å². The van der Waals surface area contributed by atoms with Crippen molar-refractivity contribution >= 4 is 5.78 Å². The lowest BCUT2D eigenvalue weighted by atomic mass is 9.84. The number of Topliss-reactive ketones (excluding diaryl/α,β-unsaturated/α-hetero) is 1. The van der Waals surface area contributed by atoms with Crippen LogP contribution in [0.3, 0.4) is 0 Å². The minimum absolute atomic E-state index is 0.125. The molecule has 0 aromatic heterocycles. The molecule has 3 aliphatic rings. The predicted octanol–water partition coefficient (Wildman–Crippen LogP) is 2.20. The van der Waals surface area contributed by atoms with Crippen LogP contribution in [0.1, 0.15) is 13.3 Å². The molecule has 0 saturated heterocycles. The highest BCUT2D eigenvalue weighted by Crippen LogP contribution is 2.57. The summed E-state index contributed by atoms with van der Waals surface area (Å²) >= 11 is 0. The normalized spacial score (nSPS) is 51.9. The van der Waals surface area contributed by atoms with Crippen molar-refractivity contribution in [3.8, 4) is 0 Å². The smallest absolute Gasteiger partial charge is 0.143 e. The molecule has 0 heterocycles. The molecular weight excluding hydrogens is 160 g/mol. The zero-order valence-electron chi connectivity index (χ0n) is 7.86. The number of fused-ring (bicyclic) bond motifs is 5. The van der Waals surface area contributed by atoms with E-state index in [0.29, 0.717) is 29.5 Å². The van der Waals surface area contributed by atoms with Crippen LogP contribution in [0.2, 0.25) is 0 Å². The molecule has 0 amide bonds. The molecule has 0 radical (unpaired) electrons. The maximum atomic E-state index is 11.9. The largest absolute Gasteiger partial charge is 0.299 e. The second-order valence-corrected chi connectivity index (χ2v) is 4.70. The summed E-state index contributed by atoms with van der Waals surface area (Å²) in [5.74, 6) is 2.56. The molecule has 0 aromatic carbocycles. The molecule has 1 heteroatoms. The van der Waals surface area contributed by atoms with E-state index < -0.39 is 0 Å². The number of hydrogen-bond acceptors (Lipinski definition) is 1. The second kappa shape index (κ2) is 2.14. The summed E-state index contributed by atoms with van der Waals surface area (Å²) in [4.78, 5) is 11.9. The zero-order valence-corrected chi connectivity index (χ0v) is 7.86. The molecule has 0 aromatic rings. The van der Waals surface area contributed by atoms with Gasteiger partial charge in [-0.05, 0) is 24.2 Å². The van der Waals surface area contributed by atoms with Crippen LogP contribution in [0.5, 0.6) is 0 Å². The van der Waals surface area contributed by atoms with Gasteiger partial charge in [0.25, 0.3) is 0 Å². The summed E-state index contributed by atoms with van der Waals surface area (Å²) in [5, 5.41) is 0. The Morgan fingerprint density at radius 2 is 1.92 bits per heavy atom. The topological polar surface area (TPSA) is 17.1 Å². The van der Waals surface area contributed by atoms with Crippen LogP contribution in [0, 0.1) is 29.6 Å². The van der Waals surface area contributed by atoms with Crippen molar-refractivity contribution in [3.63, 3.8) is 0 Å². The predicted molar refractivity (Wildman–Crippen MR) is 51.0 cm³/mol. The fourth-order valence-corrected chi connectivity index (χ4v) is 3.48. The van der Waals surface area contributed by atoms with Gasteiger partial charge in [-0.1, -0.05) is 31.2 Å². The first-order valence-electron chi connectivity index (χ1n) is 5.11. The van der Waals surface area contributed by atoms with Gasteiger partial charge in [0.15, 0.2) is 0 Å². The quantitative estimate of drug-likeness (QED) is 0.514. The van der Waals surface area contributed by atoms with Crippen molar-refractivity contribution in [2.24, 2.45) is 29.6 Å². The summed E-state index contributed by atoms with van der Waals surface area (Å²) < 4.78 is 0. The number of carbonyl (C=O) groups is 1. The minimum atomic E-state index is 0.125. The van der Waals surface area contributed by atoms with Crippen LogP contribution < -0.4 is 0 Å². The Hall–Kier alpha value is -0.850. The van der Waals surface area contributed by atoms with E-state index in [1.807, 2.05) is 6.92 Å². The molecule has 2 saturated carbocycles. The summed E-state index contributed by atoms with van der Waals surface area (Å²) in [5.41, 5.74) is 1.20.